The first-order chi connectivity index (χ1) is 6.16. The second kappa shape index (κ2) is 3.38. The van der Waals surface area contributed by atoms with Crippen molar-refractivity contribution in [2.75, 3.05) is 0 Å². The number of rotatable bonds is 1. The van der Waals surface area contributed by atoms with Crippen LogP contribution in [0.1, 0.15) is 20.8 Å². The molecule has 13 heavy (non-hydrogen) atoms. The van der Waals surface area contributed by atoms with Gasteiger partial charge in [-0.15, -0.1) is 11.8 Å². The van der Waals surface area contributed by atoms with E-state index in [9.17, 15) is 0 Å². The molecule has 2 aliphatic rings. The van der Waals surface area contributed by atoms with Crippen LogP contribution in [0.3, 0.4) is 0 Å². The minimum Gasteiger partial charge on any atom is -0.122 e. The lowest BCUT2D eigenvalue weighted by Crippen LogP contribution is -2.09. The quantitative estimate of drug-likeness (QED) is 0.609. The third-order valence-corrected chi connectivity index (χ3v) is 4.20. The Morgan fingerprint density at radius 1 is 1.31 bits per heavy atom. The van der Waals surface area contributed by atoms with Gasteiger partial charge in [-0.25, -0.2) is 0 Å². The summed E-state index contributed by atoms with van der Waals surface area (Å²) >= 11 is 2.03. The first-order valence-electron chi connectivity index (χ1n) is 4.92. The van der Waals surface area contributed by atoms with Crippen molar-refractivity contribution in [1.29, 1.82) is 0 Å². The number of hydrogen-bond donors (Lipinski definition) is 0. The molecule has 1 heterocycles. The Labute approximate surface area is 84.8 Å². The van der Waals surface area contributed by atoms with Crippen molar-refractivity contribution in [2.24, 2.45) is 11.8 Å². The first kappa shape index (κ1) is 9.14. The Bertz CT molecular complexity index is 294. The Hall–Kier alpha value is -0.430. The van der Waals surface area contributed by atoms with Gasteiger partial charge in [0, 0.05) is 11.2 Å². The van der Waals surface area contributed by atoms with Crippen LogP contribution in [0.15, 0.2) is 34.8 Å². The number of allylic oxidation sites excluding steroid dienone is 5. The highest BCUT2D eigenvalue weighted by Crippen LogP contribution is 2.43. The molecule has 0 radical (unpaired) electrons. The monoisotopic (exact) mass is 192 g/mol. The van der Waals surface area contributed by atoms with E-state index in [1.54, 1.807) is 4.91 Å². The molecule has 0 fully saturated rings. The van der Waals surface area contributed by atoms with Crippen LogP contribution < -0.4 is 0 Å². The average Bonchev–Trinajstić information content (AvgIpc) is 2.46. The van der Waals surface area contributed by atoms with Gasteiger partial charge in [-0.3, -0.25) is 0 Å². The zero-order chi connectivity index (χ0) is 9.42. The van der Waals surface area contributed by atoms with Crippen molar-refractivity contribution in [1.82, 2.24) is 0 Å². The van der Waals surface area contributed by atoms with Gasteiger partial charge < -0.3 is 0 Å². The standard InChI is InChI=1S/C12H16S/c1-8(2)12-7-10-6-9(3)4-5-11(10)13-12/h4-8,10-11H,1-3H3. The van der Waals surface area contributed by atoms with Crippen LogP contribution in [0.4, 0.5) is 0 Å². The summed E-state index contributed by atoms with van der Waals surface area (Å²) in [7, 11) is 0. The van der Waals surface area contributed by atoms with E-state index in [4.69, 9.17) is 0 Å². The van der Waals surface area contributed by atoms with Crippen LogP contribution in [0.25, 0.3) is 0 Å². The van der Waals surface area contributed by atoms with Gasteiger partial charge >= 0.3 is 0 Å². The molecule has 0 aromatic rings. The molecule has 0 aromatic carbocycles. The van der Waals surface area contributed by atoms with Gasteiger partial charge in [-0.2, -0.15) is 0 Å². The summed E-state index contributed by atoms with van der Waals surface area (Å²) in [5.74, 6) is 1.35. The fourth-order valence-corrected chi connectivity index (χ4v) is 3.10. The van der Waals surface area contributed by atoms with Crippen molar-refractivity contribution in [3.05, 3.63) is 34.8 Å². The summed E-state index contributed by atoms with van der Waals surface area (Å²) < 4.78 is 0. The largest absolute Gasteiger partial charge is 0.122 e. The maximum Gasteiger partial charge on any atom is 0.0372 e. The van der Waals surface area contributed by atoms with Crippen molar-refractivity contribution >= 4 is 11.8 Å². The van der Waals surface area contributed by atoms with Crippen LogP contribution in [0.5, 0.6) is 0 Å². The summed E-state index contributed by atoms with van der Waals surface area (Å²) in [5.41, 5.74) is 1.41. The Morgan fingerprint density at radius 3 is 2.77 bits per heavy atom. The molecule has 0 saturated carbocycles. The van der Waals surface area contributed by atoms with E-state index >= 15 is 0 Å². The molecule has 1 heteroatoms. The van der Waals surface area contributed by atoms with Crippen molar-refractivity contribution in [2.45, 2.75) is 26.0 Å². The van der Waals surface area contributed by atoms with Gasteiger partial charge in [0.2, 0.25) is 0 Å². The van der Waals surface area contributed by atoms with Crippen LogP contribution in [0, 0.1) is 11.8 Å². The fraction of sp³-hybridized carbons (Fsp3) is 0.500. The highest BCUT2D eigenvalue weighted by atomic mass is 32.2. The maximum absolute atomic E-state index is 2.44. The fourth-order valence-electron chi connectivity index (χ4n) is 1.80. The summed E-state index contributed by atoms with van der Waals surface area (Å²) in [5, 5.41) is 0.682. The predicted molar refractivity (Wildman–Crippen MR) is 60.7 cm³/mol. The van der Waals surface area contributed by atoms with Gasteiger partial charge in [0.15, 0.2) is 0 Å². The van der Waals surface area contributed by atoms with Gasteiger partial charge in [-0.05, 0) is 17.7 Å². The molecule has 0 spiro atoms. The van der Waals surface area contributed by atoms with Crippen LogP contribution in [-0.4, -0.2) is 5.25 Å². The van der Waals surface area contributed by atoms with E-state index in [1.807, 2.05) is 11.8 Å². The maximum atomic E-state index is 2.44. The number of hydrogen-bond acceptors (Lipinski definition) is 1. The minimum atomic E-state index is 0.660. The molecule has 70 valence electrons. The molecular weight excluding hydrogens is 176 g/mol. The van der Waals surface area contributed by atoms with E-state index in [0.717, 1.165) is 0 Å². The normalized spacial score (nSPS) is 31.7. The predicted octanol–water partition coefficient (Wildman–Crippen LogP) is 3.77. The van der Waals surface area contributed by atoms with Crippen LogP contribution in [-0.2, 0) is 0 Å². The highest BCUT2D eigenvalue weighted by Gasteiger charge is 2.27. The van der Waals surface area contributed by atoms with Gasteiger partial charge in [-0.1, -0.05) is 43.7 Å². The van der Waals surface area contributed by atoms with Gasteiger partial charge in [0.25, 0.3) is 0 Å². The average molecular weight is 192 g/mol. The summed E-state index contributed by atoms with van der Waals surface area (Å²) in [6, 6.07) is 0. The van der Waals surface area contributed by atoms with E-state index in [2.05, 4.69) is 45.1 Å². The molecule has 1 aliphatic heterocycles. The van der Waals surface area contributed by atoms with Crippen molar-refractivity contribution < 1.29 is 0 Å². The second-order valence-electron chi connectivity index (χ2n) is 4.15. The Kier molecular flexibility index (Phi) is 2.37. The molecule has 1 aliphatic carbocycles. The highest BCUT2D eigenvalue weighted by molar-refractivity contribution is 8.04. The lowest BCUT2D eigenvalue weighted by Gasteiger charge is -2.16. The SMILES string of the molecule is CC1=CC2C=C(C(C)C)SC2C=C1. The van der Waals surface area contributed by atoms with E-state index in [0.29, 0.717) is 17.1 Å². The molecule has 0 N–H and O–H groups in total. The van der Waals surface area contributed by atoms with E-state index < -0.39 is 0 Å². The van der Waals surface area contributed by atoms with Gasteiger partial charge in [0.05, 0.1) is 0 Å². The third-order valence-electron chi connectivity index (χ3n) is 2.58. The summed E-state index contributed by atoms with van der Waals surface area (Å²) in [4.78, 5) is 1.56. The third kappa shape index (κ3) is 1.76. The van der Waals surface area contributed by atoms with Crippen molar-refractivity contribution in [3.63, 3.8) is 0 Å². The zero-order valence-electron chi connectivity index (χ0n) is 8.45. The van der Waals surface area contributed by atoms with E-state index in [1.165, 1.54) is 5.57 Å². The number of thioether (sulfide) groups is 1. The molecule has 0 amide bonds. The molecule has 0 aromatic heterocycles. The molecule has 2 rings (SSSR count). The topological polar surface area (TPSA) is 0 Å². The van der Waals surface area contributed by atoms with Crippen LogP contribution >= 0.6 is 11.8 Å². The Balaban J connectivity index is 2.19. The first-order valence-corrected chi connectivity index (χ1v) is 5.80. The zero-order valence-corrected chi connectivity index (χ0v) is 9.27. The summed E-state index contributed by atoms with van der Waals surface area (Å²) in [6.45, 7) is 6.73. The van der Waals surface area contributed by atoms with Crippen molar-refractivity contribution in [3.8, 4) is 0 Å². The molecule has 2 unspecified atom stereocenters. The second-order valence-corrected chi connectivity index (χ2v) is 5.40. The molecule has 0 bridgehead atoms. The van der Waals surface area contributed by atoms with E-state index in [-0.39, 0.29) is 0 Å². The molecular formula is C12H16S. The van der Waals surface area contributed by atoms with Crippen LogP contribution in [0.2, 0.25) is 0 Å². The molecule has 2 atom stereocenters. The lowest BCUT2D eigenvalue weighted by molar-refractivity contribution is 0.798. The smallest absolute Gasteiger partial charge is 0.0372 e. The number of fused-ring (bicyclic) bond motifs is 1. The molecule has 0 nitrogen and oxygen atoms in total. The lowest BCUT2D eigenvalue weighted by atomic mass is 9.95. The minimum absolute atomic E-state index is 0.660. The molecule has 0 saturated heterocycles. The summed E-state index contributed by atoms with van der Waals surface area (Å²) in [6.07, 6.45) is 9.40. The Morgan fingerprint density at radius 2 is 2.08 bits per heavy atom. The van der Waals surface area contributed by atoms with Gasteiger partial charge in [0.1, 0.15) is 0 Å².